The van der Waals surface area contributed by atoms with E-state index in [9.17, 15) is 5.11 Å². The van der Waals surface area contributed by atoms with Crippen molar-refractivity contribution < 1.29 is 9.84 Å². The number of nitrogens with zero attached hydrogens (tertiary/aromatic N) is 1. The first-order chi connectivity index (χ1) is 10.1. The van der Waals surface area contributed by atoms with Gasteiger partial charge in [-0.15, -0.1) is 0 Å². The molecule has 1 atom stereocenters. The molecule has 1 aromatic rings. The van der Waals surface area contributed by atoms with E-state index in [4.69, 9.17) is 10.5 Å². The van der Waals surface area contributed by atoms with Gasteiger partial charge in [-0.25, -0.2) is 0 Å². The molecule has 0 spiro atoms. The fourth-order valence-corrected chi connectivity index (χ4v) is 2.16. The zero-order chi connectivity index (χ0) is 15.1. The lowest BCUT2D eigenvalue weighted by atomic mass is 9.85. The number of aliphatic hydroxyl groups is 1. The Morgan fingerprint density at radius 1 is 1.52 bits per heavy atom. The van der Waals surface area contributed by atoms with Crippen molar-refractivity contribution in [3.63, 3.8) is 0 Å². The lowest BCUT2D eigenvalue weighted by Gasteiger charge is -2.25. The maximum absolute atomic E-state index is 9.85. The molecular weight excluding hydrogens is 266 g/mol. The summed E-state index contributed by atoms with van der Waals surface area (Å²) in [5.74, 6) is 1.89. The number of guanidine groups is 1. The van der Waals surface area contributed by atoms with Crippen molar-refractivity contribution in [3.05, 3.63) is 29.8 Å². The van der Waals surface area contributed by atoms with Crippen molar-refractivity contribution >= 4 is 5.96 Å². The Kier molecular flexibility index (Phi) is 5.87. The van der Waals surface area contributed by atoms with Gasteiger partial charge in [0.2, 0.25) is 0 Å². The van der Waals surface area contributed by atoms with Crippen molar-refractivity contribution in [1.29, 1.82) is 0 Å². The summed E-state index contributed by atoms with van der Waals surface area (Å²) in [4.78, 5) is 4.14. The maximum Gasteiger partial charge on any atom is 0.188 e. The number of hydrogen-bond donors (Lipinski definition) is 3. The smallest absolute Gasteiger partial charge is 0.188 e. The van der Waals surface area contributed by atoms with Gasteiger partial charge in [0, 0.05) is 6.54 Å². The first-order valence-corrected chi connectivity index (χ1v) is 7.55. The molecule has 0 aromatic heterocycles. The number of benzene rings is 1. The predicted octanol–water partition coefficient (Wildman–Crippen LogP) is 1.44. The fraction of sp³-hybridized carbons (Fsp3) is 0.562. The van der Waals surface area contributed by atoms with Crippen LogP contribution >= 0.6 is 0 Å². The molecule has 1 saturated carbocycles. The minimum atomic E-state index is -0.658. The summed E-state index contributed by atoms with van der Waals surface area (Å²) in [6, 6.07) is 7.74. The highest BCUT2D eigenvalue weighted by Crippen LogP contribution is 2.24. The summed E-state index contributed by atoms with van der Waals surface area (Å²) in [6.45, 7) is 3.34. The van der Waals surface area contributed by atoms with Crippen molar-refractivity contribution in [3.8, 4) is 5.75 Å². The minimum Gasteiger partial charge on any atom is -0.491 e. The van der Waals surface area contributed by atoms with Gasteiger partial charge in [0.05, 0.1) is 6.54 Å². The van der Waals surface area contributed by atoms with Crippen LogP contribution in [0.25, 0.3) is 0 Å². The molecule has 4 N–H and O–H groups in total. The highest BCUT2D eigenvalue weighted by atomic mass is 16.5. The van der Waals surface area contributed by atoms with Crippen LogP contribution in [0.5, 0.6) is 5.75 Å². The molecule has 1 aliphatic carbocycles. The molecule has 1 fully saturated rings. The van der Waals surface area contributed by atoms with Gasteiger partial charge in [0.1, 0.15) is 18.5 Å². The highest BCUT2D eigenvalue weighted by Gasteiger charge is 2.16. The lowest BCUT2D eigenvalue weighted by molar-refractivity contribution is 0.114. The first-order valence-electron chi connectivity index (χ1n) is 7.55. The van der Waals surface area contributed by atoms with E-state index in [1.165, 1.54) is 19.3 Å². The van der Waals surface area contributed by atoms with E-state index in [1.807, 2.05) is 31.2 Å². The topological polar surface area (TPSA) is 79.9 Å². The third-order valence-corrected chi connectivity index (χ3v) is 3.70. The van der Waals surface area contributed by atoms with E-state index in [2.05, 4.69) is 10.3 Å². The van der Waals surface area contributed by atoms with E-state index in [-0.39, 0.29) is 13.2 Å². The largest absolute Gasteiger partial charge is 0.491 e. The van der Waals surface area contributed by atoms with Crippen molar-refractivity contribution in [2.45, 2.75) is 32.3 Å². The third-order valence-electron chi connectivity index (χ3n) is 3.70. The van der Waals surface area contributed by atoms with E-state index >= 15 is 0 Å². The highest BCUT2D eigenvalue weighted by molar-refractivity contribution is 5.77. The second kappa shape index (κ2) is 7.88. The molecular formula is C16H25N3O2. The van der Waals surface area contributed by atoms with E-state index in [0.29, 0.717) is 5.96 Å². The van der Waals surface area contributed by atoms with Crippen molar-refractivity contribution in [2.24, 2.45) is 16.6 Å². The number of nitrogens with two attached hydrogens (primary N) is 1. The standard InChI is InChI=1S/C16H25N3O2/c1-12-4-2-7-15(8-12)21-11-14(20)10-19-16(17)18-9-13-5-3-6-13/h2,4,7-8,13-14,20H,3,5-6,9-11H2,1H3,(H3,17,18,19). The number of hydrogen-bond acceptors (Lipinski definition) is 3. The number of aliphatic imine (C=N–C) groups is 1. The molecule has 1 aromatic carbocycles. The molecule has 0 amide bonds. The average Bonchev–Trinajstić information content (AvgIpc) is 2.41. The van der Waals surface area contributed by atoms with Gasteiger partial charge >= 0.3 is 0 Å². The number of aryl methyl sites for hydroxylation is 1. The molecule has 5 nitrogen and oxygen atoms in total. The molecule has 0 bridgehead atoms. The van der Waals surface area contributed by atoms with Crippen LogP contribution in [0.15, 0.2) is 29.3 Å². The molecule has 2 rings (SSSR count). The normalized spacial score (nSPS) is 17.1. The van der Waals surface area contributed by atoms with Gasteiger partial charge in [0.15, 0.2) is 5.96 Å². The van der Waals surface area contributed by atoms with Crippen LogP contribution < -0.4 is 15.8 Å². The Bertz CT molecular complexity index is 472. The zero-order valence-electron chi connectivity index (χ0n) is 12.6. The Hall–Kier alpha value is -1.75. The Morgan fingerprint density at radius 3 is 3.00 bits per heavy atom. The van der Waals surface area contributed by atoms with Gasteiger partial charge < -0.3 is 20.9 Å². The fourth-order valence-electron chi connectivity index (χ4n) is 2.16. The summed E-state index contributed by atoms with van der Waals surface area (Å²) in [7, 11) is 0. The molecule has 5 heteroatoms. The van der Waals surface area contributed by atoms with Gasteiger partial charge in [-0.05, 0) is 43.4 Å². The number of ether oxygens (including phenoxy) is 1. The van der Waals surface area contributed by atoms with E-state index in [0.717, 1.165) is 23.8 Å². The number of nitrogens with one attached hydrogen (secondary N) is 1. The Morgan fingerprint density at radius 2 is 2.33 bits per heavy atom. The summed E-state index contributed by atoms with van der Waals surface area (Å²) in [6.07, 6.45) is 3.20. The Balaban J connectivity index is 1.64. The van der Waals surface area contributed by atoms with Crippen LogP contribution in [-0.2, 0) is 0 Å². The molecule has 0 heterocycles. The molecule has 1 unspecified atom stereocenters. The summed E-state index contributed by atoms with van der Waals surface area (Å²) >= 11 is 0. The van der Waals surface area contributed by atoms with Crippen LogP contribution in [-0.4, -0.2) is 36.9 Å². The van der Waals surface area contributed by atoms with Crippen LogP contribution in [0.2, 0.25) is 0 Å². The van der Waals surface area contributed by atoms with Gasteiger partial charge in [-0.2, -0.15) is 0 Å². The zero-order valence-corrected chi connectivity index (χ0v) is 12.6. The number of aliphatic hydroxyl groups excluding tert-OH is 1. The first kappa shape index (κ1) is 15.6. The predicted molar refractivity (Wildman–Crippen MR) is 84.5 cm³/mol. The summed E-state index contributed by atoms with van der Waals surface area (Å²) in [5, 5.41) is 12.9. The summed E-state index contributed by atoms with van der Waals surface area (Å²) < 4.78 is 5.53. The van der Waals surface area contributed by atoms with Crippen LogP contribution in [0.4, 0.5) is 0 Å². The summed E-state index contributed by atoms with van der Waals surface area (Å²) in [5.41, 5.74) is 6.89. The quantitative estimate of drug-likeness (QED) is 0.524. The Labute approximate surface area is 126 Å². The number of rotatable bonds is 7. The molecule has 0 saturated heterocycles. The van der Waals surface area contributed by atoms with E-state index < -0.39 is 6.10 Å². The second-order valence-corrected chi connectivity index (χ2v) is 5.69. The molecule has 0 radical (unpaired) electrons. The second-order valence-electron chi connectivity index (χ2n) is 5.69. The minimum absolute atomic E-state index is 0.211. The van der Waals surface area contributed by atoms with E-state index in [1.54, 1.807) is 0 Å². The van der Waals surface area contributed by atoms with Gasteiger partial charge in [-0.1, -0.05) is 18.6 Å². The average molecular weight is 291 g/mol. The van der Waals surface area contributed by atoms with Crippen molar-refractivity contribution in [1.82, 2.24) is 5.32 Å². The lowest BCUT2D eigenvalue weighted by Crippen LogP contribution is -2.38. The van der Waals surface area contributed by atoms with Gasteiger partial charge in [0.25, 0.3) is 0 Å². The monoisotopic (exact) mass is 291 g/mol. The molecule has 0 aliphatic heterocycles. The van der Waals surface area contributed by atoms with Crippen LogP contribution in [0.1, 0.15) is 24.8 Å². The SMILES string of the molecule is Cc1cccc(OCC(O)CN=C(N)NCC2CCC2)c1. The molecule has 21 heavy (non-hydrogen) atoms. The maximum atomic E-state index is 9.85. The van der Waals surface area contributed by atoms with Crippen LogP contribution in [0, 0.1) is 12.8 Å². The van der Waals surface area contributed by atoms with Crippen LogP contribution in [0.3, 0.4) is 0 Å². The molecule has 116 valence electrons. The van der Waals surface area contributed by atoms with Crippen molar-refractivity contribution in [2.75, 3.05) is 19.7 Å². The van der Waals surface area contributed by atoms with Gasteiger partial charge in [-0.3, -0.25) is 4.99 Å². The molecule has 1 aliphatic rings. The third kappa shape index (κ3) is 5.63.